The molecule has 4 nitrogen and oxygen atoms in total. The third kappa shape index (κ3) is 4.12. The molecule has 0 radical (unpaired) electrons. The van der Waals surface area contributed by atoms with Crippen LogP contribution in [0.1, 0.15) is 35.9 Å². The zero-order valence-electron chi connectivity index (χ0n) is 14.0. The zero-order chi connectivity index (χ0) is 18.0. The van der Waals surface area contributed by atoms with E-state index in [9.17, 15) is 14.0 Å². The van der Waals surface area contributed by atoms with Gasteiger partial charge in [-0.1, -0.05) is 18.5 Å². The van der Waals surface area contributed by atoms with E-state index in [4.69, 9.17) is 11.6 Å². The second-order valence-corrected chi connectivity index (χ2v) is 7.91. The van der Waals surface area contributed by atoms with Crippen LogP contribution < -0.4 is 5.32 Å². The van der Waals surface area contributed by atoms with Crippen molar-refractivity contribution in [2.24, 2.45) is 5.92 Å². The van der Waals surface area contributed by atoms with Gasteiger partial charge in [0.1, 0.15) is 10.7 Å². The van der Waals surface area contributed by atoms with Crippen LogP contribution in [0.15, 0.2) is 18.2 Å². The Bertz CT molecular complexity index is 808. The van der Waals surface area contributed by atoms with Crippen LogP contribution in [-0.2, 0) is 4.79 Å². The summed E-state index contributed by atoms with van der Waals surface area (Å²) in [5.41, 5.74) is 0. The monoisotopic (exact) mass is 382 g/mol. The lowest BCUT2D eigenvalue weighted by molar-refractivity contribution is -0.132. The second-order valence-electron chi connectivity index (χ2n) is 6.48. The molecule has 0 saturated carbocycles. The van der Waals surface area contributed by atoms with Crippen molar-refractivity contribution in [3.8, 4) is 0 Å². The molecule has 3 rings (SSSR count). The second kappa shape index (κ2) is 7.70. The summed E-state index contributed by atoms with van der Waals surface area (Å²) in [7, 11) is 0. The molecular weight excluding hydrogens is 363 g/mol. The van der Waals surface area contributed by atoms with Crippen LogP contribution in [-0.4, -0.2) is 36.3 Å². The highest BCUT2D eigenvalue weighted by Gasteiger charge is 2.21. The molecule has 2 heterocycles. The molecule has 0 spiro atoms. The minimum absolute atomic E-state index is 0.0661. The number of nitrogens with one attached hydrogen (secondary N) is 1. The number of likely N-dealkylation sites (tertiary alicyclic amines) is 1. The van der Waals surface area contributed by atoms with Gasteiger partial charge in [0.2, 0.25) is 5.91 Å². The molecule has 1 N–H and O–H groups in total. The van der Waals surface area contributed by atoms with E-state index >= 15 is 0 Å². The van der Waals surface area contributed by atoms with Gasteiger partial charge >= 0.3 is 0 Å². The van der Waals surface area contributed by atoms with Crippen LogP contribution >= 0.6 is 22.9 Å². The Kier molecular flexibility index (Phi) is 5.59. The minimum atomic E-state index is -0.362. The number of amides is 2. The van der Waals surface area contributed by atoms with Gasteiger partial charge in [-0.25, -0.2) is 4.39 Å². The van der Waals surface area contributed by atoms with Crippen molar-refractivity contribution in [2.45, 2.75) is 26.2 Å². The Morgan fingerprint density at radius 1 is 1.44 bits per heavy atom. The molecule has 1 fully saturated rings. The maximum atomic E-state index is 13.3. The third-order valence-electron chi connectivity index (χ3n) is 4.43. The number of benzene rings is 1. The van der Waals surface area contributed by atoms with Crippen molar-refractivity contribution in [1.82, 2.24) is 10.2 Å². The first-order chi connectivity index (χ1) is 12.0. The van der Waals surface area contributed by atoms with Gasteiger partial charge in [0.15, 0.2) is 0 Å². The summed E-state index contributed by atoms with van der Waals surface area (Å²) in [5, 5.41) is 3.73. The van der Waals surface area contributed by atoms with E-state index in [1.165, 1.54) is 12.1 Å². The van der Waals surface area contributed by atoms with Gasteiger partial charge in [-0.3, -0.25) is 9.59 Å². The largest absolute Gasteiger partial charge is 0.351 e. The number of carbonyl (C=O) groups is 2. The smallest absolute Gasteiger partial charge is 0.262 e. The predicted molar refractivity (Wildman–Crippen MR) is 98.7 cm³/mol. The lowest BCUT2D eigenvalue weighted by Crippen LogP contribution is -2.40. The number of thiophene rings is 1. The van der Waals surface area contributed by atoms with E-state index in [0.29, 0.717) is 25.9 Å². The number of nitrogens with zero attached hydrogens (tertiary/aromatic N) is 1. The van der Waals surface area contributed by atoms with E-state index in [2.05, 4.69) is 12.2 Å². The fourth-order valence-corrected chi connectivity index (χ4v) is 4.58. The number of rotatable bonds is 4. The first-order valence-electron chi connectivity index (χ1n) is 8.39. The molecule has 2 amide bonds. The molecule has 0 aliphatic carbocycles. The number of carbonyl (C=O) groups excluding carboxylic acids is 2. The van der Waals surface area contributed by atoms with E-state index in [-0.39, 0.29) is 30.6 Å². The molecule has 25 heavy (non-hydrogen) atoms. The number of halogens is 2. The Balaban J connectivity index is 1.57. The summed E-state index contributed by atoms with van der Waals surface area (Å²) < 4.78 is 13.9. The van der Waals surface area contributed by atoms with Crippen molar-refractivity contribution < 1.29 is 14.0 Å². The van der Waals surface area contributed by atoms with Gasteiger partial charge in [-0.15, -0.1) is 11.3 Å². The van der Waals surface area contributed by atoms with Crippen LogP contribution in [0.5, 0.6) is 0 Å². The van der Waals surface area contributed by atoms with Gasteiger partial charge < -0.3 is 10.2 Å². The van der Waals surface area contributed by atoms with Crippen molar-refractivity contribution in [2.75, 3.05) is 19.6 Å². The van der Waals surface area contributed by atoms with Gasteiger partial charge in [-0.05, 0) is 37.0 Å². The molecule has 1 unspecified atom stereocenters. The van der Waals surface area contributed by atoms with Crippen molar-refractivity contribution in [3.63, 3.8) is 0 Å². The average molecular weight is 383 g/mol. The molecule has 134 valence electrons. The average Bonchev–Trinajstić information content (AvgIpc) is 2.90. The lowest BCUT2D eigenvalue weighted by Gasteiger charge is -2.31. The molecule has 0 bridgehead atoms. The van der Waals surface area contributed by atoms with Crippen LogP contribution in [0.4, 0.5) is 4.39 Å². The first kappa shape index (κ1) is 18.1. The van der Waals surface area contributed by atoms with Crippen LogP contribution in [0.2, 0.25) is 5.02 Å². The quantitative estimate of drug-likeness (QED) is 0.866. The Morgan fingerprint density at radius 3 is 3.00 bits per heavy atom. The van der Waals surface area contributed by atoms with Gasteiger partial charge in [0.05, 0.1) is 5.02 Å². The first-order valence-corrected chi connectivity index (χ1v) is 9.58. The van der Waals surface area contributed by atoms with Crippen molar-refractivity contribution in [1.29, 1.82) is 0 Å². The SMILES string of the molecule is CC1CCCN(C(=O)CCNC(=O)c2sc3cc(F)ccc3c2Cl)C1. The molecule has 1 aliphatic rings. The molecule has 1 aliphatic heterocycles. The van der Waals surface area contributed by atoms with E-state index in [1.807, 2.05) is 4.90 Å². The lowest BCUT2D eigenvalue weighted by atomic mass is 10.00. The summed E-state index contributed by atoms with van der Waals surface area (Å²) in [4.78, 5) is 26.8. The molecule has 2 aromatic rings. The topological polar surface area (TPSA) is 49.4 Å². The molecular formula is C18H20ClFN2O2S. The highest BCUT2D eigenvalue weighted by atomic mass is 35.5. The molecule has 1 aromatic heterocycles. The summed E-state index contributed by atoms with van der Waals surface area (Å²) in [5.74, 6) is -0.0912. The summed E-state index contributed by atoms with van der Waals surface area (Å²) >= 11 is 7.39. The summed E-state index contributed by atoms with van der Waals surface area (Å²) in [6, 6.07) is 4.26. The number of hydrogen-bond acceptors (Lipinski definition) is 3. The number of hydrogen-bond donors (Lipinski definition) is 1. The van der Waals surface area contributed by atoms with Crippen LogP contribution in [0, 0.1) is 11.7 Å². The summed E-state index contributed by atoms with van der Waals surface area (Å²) in [6.07, 6.45) is 2.47. The standard InChI is InChI=1S/C18H20ClFN2O2S/c1-11-3-2-8-22(10-11)15(23)6-7-21-18(24)17-16(19)13-5-4-12(20)9-14(13)25-17/h4-5,9,11H,2-3,6-8,10H2,1H3,(H,21,24). The molecule has 1 aromatic carbocycles. The van der Waals surface area contributed by atoms with Crippen molar-refractivity contribution in [3.05, 3.63) is 33.9 Å². The maximum absolute atomic E-state index is 13.3. The Labute approximate surface area is 154 Å². The van der Waals surface area contributed by atoms with Crippen LogP contribution in [0.25, 0.3) is 10.1 Å². The molecule has 7 heteroatoms. The fourth-order valence-electron chi connectivity index (χ4n) is 3.12. The normalized spacial score (nSPS) is 17.7. The molecule has 1 saturated heterocycles. The fraction of sp³-hybridized carbons (Fsp3) is 0.444. The van der Waals surface area contributed by atoms with E-state index in [1.54, 1.807) is 6.07 Å². The van der Waals surface area contributed by atoms with E-state index in [0.717, 1.165) is 37.3 Å². The zero-order valence-corrected chi connectivity index (χ0v) is 15.6. The van der Waals surface area contributed by atoms with Crippen molar-refractivity contribution >= 4 is 44.8 Å². The van der Waals surface area contributed by atoms with Gasteiger partial charge in [-0.2, -0.15) is 0 Å². The third-order valence-corrected chi connectivity index (χ3v) is 6.09. The molecule has 1 atom stereocenters. The Hall–Kier alpha value is -1.66. The highest BCUT2D eigenvalue weighted by molar-refractivity contribution is 7.21. The predicted octanol–water partition coefficient (Wildman–Crippen LogP) is 4.07. The van der Waals surface area contributed by atoms with Gasteiger partial charge in [0.25, 0.3) is 5.91 Å². The number of piperidine rings is 1. The number of fused-ring (bicyclic) bond motifs is 1. The van der Waals surface area contributed by atoms with E-state index < -0.39 is 0 Å². The highest BCUT2D eigenvalue weighted by Crippen LogP contribution is 2.35. The summed E-state index contributed by atoms with van der Waals surface area (Å²) in [6.45, 7) is 4.00. The van der Waals surface area contributed by atoms with Gasteiger partial charge in [0, 0.05) is 36.1 Å². The maximum Gasteiger partial charge on any atom is 0.262 e. The minimum Gasteiger partial charge on any atom is -0.351 e. The van der Waals surface area contributed by atoms with Crippen LogP contribution in [0.3, 0.4) is 0 Å². The Morgan fingerprint density at radius 2 is 2.24 bits per heavy atom.